The van der Waals surface area contributed by atoms with Gasteiger partial charge in [0, 0.05) is 5.25 Å². The molecule has 0 fully saturated rings. The number of nitriles is 1. The van der Waals surface area contributed by atoms with E-state index in [0.29, 0.717) is 5.03 Å². The first-order valence-corrected chi connectivity index (χ1v) is 7.13. The third-order valence-corrected chi connectivity index (χ3v) is 6.59. The standard InChI is InChI=1S/C10H10F3N3S/c1-6-7-3-4-8(10(11,12)13)16-9(7)17(6,2)15-5-14/h3-4,6,17H,1-2H3. The van der Waals surface area contributed by atoms with Crippen LogP contribution in [0.2, 0.25) is 0 Å². The van der Waals surface area contributed by atoms with Gasteiger partial charge in [0.25, 0.3) is 0 Å². The van der Waals surface area contributed by atoms with Crippen molar-refractivity contribution in [2.75, 3.05) is 6.26 Å². The van der Waals surface area contributed by atoms with Gasteiger partial charge in [0.05, 0.1) is 5.03 Å². The Morgan fingerprint density at radius 3 is 2.65 bits per heavy atom. The van der Waals surface area contributed by atoms with Gasteiger partial charge in [0.1, 0.15) is 5.69 Å². The summed E-state index contributed by atoms with van der Waals surface area (Å²) in [6.45, 7) is 1.87. The highest BCUT2D eigenvalue weighted by atomic mass is 32.2. The van der Waals surface area contributed by atoms with Crippen molar-refractivity contribution < 1.29 is 13.2 Å². The van der Waals surface area contributed by atoms with Gasteiger partial charge in [0.2, 0.25) is 6.19 Å². The third-order valence-electron chi connectivity index (χ3n) is 3.08. The number of hydrogen-bond acceptors (Lipinski definition) is 3. The van der Waals surface area contributed by atoms with E-state index in [1.54, 1.807) is 12.4 Å². The molecule has 0 aliphatic carbocycles. The molecule has 0 spiro atoms. The van der Waals surface area contributed by atoms with Crippen molar-refractivity contribution in [2.45, 2.75) is 23.4 Å². The molecule has 1 aromatic heterocycles. The highest BCUT2D eigenvalue weighted by Gasteiger charge is 2.40. The van der Waals surface area contributed by atoms with Gasteiger partial charge in [-0.25, -0.2) is 4.98 Å². The zero-order valence-electron chi connectivity index (χ0n) is 9.15. The molecular weight excluding hydrogens is 251 g/mol. The van der Waals surface area contributed by atoms with Gasteiger partial charge in [-0.3, -0.25) is 0 Å². The van der Waals surface area contributed by atoms with E-state index in [2.05, 4.69) is 9.35 Å². The van der Waals surface area contributed by atoms with Crippen LogP contribution < -0.4 is 0 Å². The molecule has 3 nitrogen and oxygen atoms in total. The van der Waals surface area contributed by atoms with E-state index in [9.17, 15) is 13.2 Å². The summed E-state index contributed by atoms with van der Waals surface area (Å²) in [6.07, 6.45) is -1.03. The van der Waals surface area contributed by atoms with Gasteiger partial charge in [-0.15, -0.1) is 9.82 Å². The zero-order valence-corrected chi connectivity index (χ0v) is 10.0. The minimum absolute atomic E-state index is 0.0203. The summed E-state index contributed by atoms with van der Waals surface area (Å²) in [5, 5.41) is 8.98. The first-order chi connectivity index (χ1) is 7.80. The van der Waals surface area contributed by atoms with Crippen molar-refractivity contribution in [1.82, 2.24) is 4.98 Å². The molecule has 7 heteroatoms. The van der Waals surface area contributed by atoms with Crippen LogP contribution >= 0.6 is 0 Å². The Labute approximate surface area is 97.4 Å². The van der Waals surface area contributed by atoms with Crippen molar-refractivity contribution in [3.05, 3.63) is 23.4 Å². The summed E-state index contributed by atoms with van der Waals surface area (Å²) in [7, 11) is -2.17. The molecule has 1 aliphatic rings. The van der Waals surface area contributed by atoms with E-state index in [-0.39, 0.29) is 5.25 Å². The number of halogens is 3. The number of aromatic nitrogens is 1. The van der Waals surface area contributed by atoms with Crippen molar-refractivity contribution >= 4 is 9.82 Å². The number of alkyl halides is 3. The Kier molecular flexibility index (Phi) is 2.51. The summed E-state index contributed by atoms with van der Waals surface area (Å²) >= 11 is 0. The molecule has 17 heavy (non-hydrogen) atoms. The predicted molar refractivity (Wildman–Crippen MR) is 58.6 cm³/mol. The van der Waals surface area contributed by atoms with E-state index < -0.39 is 21.7 Å². The molecular formula is C10H10F3N3S. The van der Waals surface area contributed by atoms with Gasteiger partial charge in [-0.05, 0) is 24.8 Å². The number of fused-ring (bicyclic) bond motifs is 1. The molecule has 0 radical (unpaired) electrons. The van der Waals surface area contributed by atoms with Crippen LogP contribution in [-0.2, 0) is 16.0 Å². The van der Waals surface area contributed by atoms with Crippen LogP contribution in [0.15, 0.2) is 21.5 Å². The van der Waals surface area contributed by atoms with E-state index in [0.717, 1.165) is 11.6 Å². The molecule has 1 aromatic rings. The number of rotatable bonds is 0. The van der Waals surface area contributed by atoms with Crippen LogP contribution in [0.25, 0.3) is 0 Å². The molecule has 92 valence electrons. The number of thiol groups is 1. The van der Waals surface area contributed by atoms with Crippen molar-refractivity contribution in [1.29, 1.82) is 5.26 Å². The van der Waals surface area contributed by atoms with Crippen molar-refractivity contribution in [3.63, 3.8) is 0 Å². The average molecular weight is 261 g/mol. The maximum atomic E-state index is 12.5. The Balaban J connectivity index is 2.60. The maximum Gasteiger partial charge on any atom is 0.433 e. The molecule has 0 saturated heterocycles. The predicted octanol–water partition coefficient (Wildman–Crippen LogP) is 2.71. The fourth-order valence-corrected chi connectivity index (χ4v) is 4.39. The van der Waals surface area contributed by atoms with E-state index in [1.807, 2.05) is 6.92 Å². The fraction of sp³-hybridized carbons (Fsp3) is 0.400. The van der Waals surface area contributed by atoms with Crippen LogP contribution in [0.3, 0.4) is 0 Å². The van der Waals surface area contributed by atoms with E-state index in [1.165, 1.54) is 6.07 Å². The highest BCUT2D eigenvalue weighted by molar-refractivity contribution is 8.06. The Hall–Kier alpha value is -1.42. The minimum atomic E-state index is -4.45. The largest absolute Gasteiger partial charge is 0.433 e. The summed E-state index contributed by atoms with van der Waals surface area (Å²) in [5.74, 6) is 0. The Morgan fingerprint density at radius 2 is 2.12 bits per heavy atom. The van der Waals surface area contributed by atoms with Gasteiger partial charge in [0.15, 0.2) is 0 Å². The fourth-order valence-electron chi connectivity index (χ4n) is 1.92. The lowest BCUT2D eigenvalue weighted by Crippen LogP contribution is -2.32. The lowest BCUT2D eigenvalue weighted by Gasteiger charge is -2.42. The third kappa shape index (κ3) is 1.63. The van der Waals surface area contributed by atoms with Crippen LogP contribution in [0.4, 0.5) is 13.2 Å². The molecule has 1 unspecified atom stereocenters. The zero-order chi connectivity index (χ0) is 12.8. The van der Waals surface area contributed by atoms with Crippen LogP contribution in [0.5, 0.6) is 0 Å². The second-order valence-electron chi connectivity index (χ2n) is 4.01. The van der Waals surface area contributed by atoms with E-state index >= 15 is 0 Å². The monoisotopic (exact) mass is 261 g/mol. The van der Waals surface area contributed by atoms with Crippen LogP contribution in [0.1, 0.15) is 23.4 Å². The van der Waals surface area contributed by atoms with Gasteiger partial charge in [-0.2, -0.15) is 22.8 Å². The molecule has 0 bridgehead atoms. The average Bonchev–Trinajstić information content (AvgIpc) is 2.26. The van der Waals surface area contributed by atoms with Gasteiger partial charge >= 0.3 is 6.18 Å². The minimum Gasteiger partial charge on any atom is -0.237 e. The lowest BCUT2D eigenvalue weighted by molar-refractivity contribution is -0.141. The van der Waals surface area contributed by atoms with Crippen molar-refractivity contribution in [2.24, 2.45) is 4.36 Å². The topological polar surface area (TPSA) is 49.0 Å². The first kappa shape index (κ1) is 12.0. The van der Waals surface area contributed by atoms with E-state index in [4.69, 9.17) is 5.26 Å². The lowest BCUT2D eigenvalue weighted by atomic mass is 10.2. The Bertz CT molecular complexity index is 571. The summed E-state index contributed by atoms with van der Waals surface area (Å²) in [6, 6.07) is 2.41. The summed E-state index contributed by atoms with van der Waals surface area (Å²) < 4.78 is 41.3. The normalized spacial score (nSPS) is 22.9. The molecule has 1 atom stereocenters. The molecule has 0 saturated carbocycles. The molecule has 2 heterocycles. The molecule has 0 aromatic carbocycles. The van der Waals surface area contributed by atoms with Crippen molar-refractivity contribution in [3.8, 4) is 6.19 Å². The first-order valence-electron chi connectivity index (χ1n) is 4.87. The van der Waals surface area contributed by atoms with Crippen LogP contribution in [0, 0.1) is 11.5 Å². The molecule has 2 rings (SSSR count). The molecule has 1 aliphatic heterocycles. The maximum absolute atomic E-state index is 12.5. The second kappa shape index (κ2) is 3.53. The highest BCUT2D eigenvalue weighted by Crippen LogP contribution is 2.48. The van der Waals surface area contributed by atoms with Crippen LogP contribution in [-0.4, -0.2) is 11.2 Å². The summed E-state index contributed by atoms with van der Waals surface area (Å²) in [4.78, 5) is 3.63. The smallest absolute Gasteiger partial charge is 0.237 e. The number of pyridine rings is 1. The molecule has 0 N–H and O–H groups in total. The summed E-state index contributed by atoms with van der Waals surface area (Å²) in [5.41, 5.74) is -0.143. The van der Waals surface area contributed by atoms with Gasteiger partial charge < -0.3 is 0 Å². The quantitative estimate of drug-likeness (QED) is 0.576. The Morgan fingerprint density at radius 1 is 1.47 bits per heavy atom. The number of nitrogens with zero attached hydrogens (tertiary/aromatic N) is 3. The number of hydrogen-bond donors (Lipinski definition) is 1. The SMILES string of the molecule is CC1c2ccc(C(F)(F)F)nc2[SH]1(C)=NC#N. The second-order valence-corrected chi connectivity index (χ2v) is 7.46. The molecule has 0 amide bonds. The van der Waals surface area contributed by atoms with Gasteiger partial charge in [-0.1, -0.05) is 6.07 Å².